The maximum absolute atomic E-state index is 11.4. The Kier molecular flexibility index (Phi) is 5.78. The van der Waals surface area contributed by atoms with Crippen molar-refractivity contribution < 1.29 is 13.5 Å². The van der Waals surface area contributed by atoms with Gasteiger partial charge in [-0.25, -0.2) is 8.42 Å². The molecule has 0 saturated heterocycles. The molecule has 0 aliphatic carbocycles. The summed E-state index contributed by atoms with van der Waals surface area (Å²) in [4.78, 5) is 0. The Morgan fingerprint density at radius 2 is 2.00 bits per heavy atom. The quantitative estimate of drug-likeness (QED) is 0.779. The maximum atomic E-state index is 11.4. The molecule has 0 fully saturated rings. The van der Waals surface area contributed by atoms with Crippen molar-refractivity contribution in [2.45, 2.75) is 33.0 Å². The molecule has 1 rings (SSSR count). The number of hydrogen-bond donors (Lipinski definition) is 2. The molecule has 2 N–H and O–H groups in total. The van der Waals surface area contributed by atoms with Gasteiger partial charge < -0.3 is 10.4 Å². The van der Waals surface area contributed by atoms with Gasteiger partial charge in [0.2, 0.25) is 0 Å². The second kappa shape index (κ2) is 6.87. The van der Waals surface area contributed by atoms with Crippen molar-refractivity contribution in [1.29, 1.82) is 0 Å². The monoisotopic (exact) mass is 271 g/mol. The molecular weight excluding hydrogens is 250 g/mol. The summed E-state index contributed by atoms with van der Waals surface area (Å²) in [6.07, 6.45) is 0. The smallest absolute Gasteiger partial charge is 0.151 e. The van der Waals surface area contributed by atoms with Crippen molar-refractivity contribution in [2.75, 3.05) is 11.5 Å². The standard InChI is InChI=1S/C13H21NO3S/c1-3-18(16,17)10-11(2)14-8-12-5-4-6-13(7-12)9-15/h4-7,11,14-15H,3,8-10H2,1-2H3. The average molecular weight is 271 g/mol. The van der Waals surface area contributed by atoms with Crippen LogP contribution in [0.3, 0.4) is 0 Å². The minimum atomic E-state index is -2.94. The van der Waals surface area contributed by atoms with Crippen LogP contribution in [0, 0.1) is 0 Å². The fourth-order valence-electron chi connectivity index (χ4n) is 1.69. The summed E-state index contributed by atoms with van der Waals surface area (Å²) in [5.74, 6) is 0.336. The first-order valence-electron chi connectivity index (χ1n) is 6.09. The molecule has 1 aromatic rings. The number of benzene rings is 1. The van der Waals surface area contributed by atoms with Gasteiger partial charge in [-0.05, 0) is 18.1 Å². The molecule has 1 atom stereocenters. The Morgan fingerprint density at radius 1 is 1.33 bits per heavy atom. The maximum Gasteiger partial charge on any atom is 0.151 e. The highest BCUT2D eigenvalue weighted by Gasteiger charge is 2.12. The van der Waals surface area contributed by atoms with E-state index in [0.717, 1.165) is 11.1 Å². The number of aliphatic hydroxyl groups excluding tert-OH is 1. The summed E-state index contributed by atoms with van der Waals surface area (Å²) in [5.41, 5.74) is 1.91. The Morgan fingerprint density at radius 3 is 2.61 bits per heavy atom. The van der Waals surface area contributed by atoms with Crippen molar-refractivity contribution in [3.05, 3.63) is 35.4 Å². The van der Waals surface area contributed by atoms with Crippen molar-refractivity contribution >= 4 is 9.84 Å². The van der Waals surface area contributed by atoms with Gasteiger partial charge in [0.05, 0.1) is 12.4 Å². The van der Waals surface area contributed by atoms with Crippen LogP contribution < -0.4 is 5.32 Å². The van der Waals surface area contributed by atoms with Crippen LogP contribution in [-0.4, -0.2) is 31.1 Å². The van der Waals surface area contributed by atoms with Gasteiger partial charge in [0.15, 0.2) is 9.84 Å². The highest BCUT2D eigenvalue weighted by atomic mass is 32.2. The molecule has 5 heteroatoms. The SMILES string of the molecule is CCS(=O)(=O)CC(C)NCc1cccc(CO)c1. The zero-order valence-corrected chi connectivity index (χ0v) is 11.7. The lowest BCUT2D eigenvalue weighted by atomic mass is 10.1. The molecule has 0 radical (unpaired) electrons. The Bertz CT molecular complexity index is 471. The van der Waals surface area contributed by atoms with Crippen LogP contribution in [-0.2, 0) is 23.0 Å². The first-order chi connectivity index (χ1) is 8.46. The molecule has 1 aromatic carbocycles. The number of hydrogen-bond acceptors (Lipinski definition) is 4. The molecule has 0 amide bonds. The minimum Gasteiger partial charge on any atom is -0.392 e. The summed E-state index contributed by atoms with van der Waals surface area (Å²) in [7, 11) is -2.94. The van der Waals surface area contributed by atoms with Crippen molar-refractivity contribution in [3.8, 4) is 0 Å². The lowest BCUT2D eigenvalue weighted by molar-refractivity contribution is 0.281. The molecule has 102 valence electrons. The third-order valence-corrected chi connectivity index (χ3v) is 4.66. The van der Waals surface area contributed by atoms with Gasteiger partial charge >= 0.3 is 0 Å². The van der Waals surface area contributed by atoms with Gasteiger partial charge in [0.1, 0.15) is 0 Å². The highest BCUT2D eigenvalue weighted by molar-refractivity contribution is 7.91. The van der Waals surface area contributed by atoms with Gasteiger partial charge in [-0.2, -0.15) is 0 Å². The van der Waals surface area contributed by atoms with E-state index in [1.807, 2.05) is 31.2 Å². The minimum absolute atomic E-state index is 0.0214. The Hall–Kier alpha value is -0.910. The van der Waals surface area contributed by atoms with E-state index in [4.69, 9.17) is 5.11 Å². The normalized spacial score (nSPS) is 13.5. The zero-order valence-electron chi connectivity index (χ0n) is 10.9. The molecule has 0 aliphatic heterocycles. The first-order valence-corrected chi connectivity index (χ1v) is 7.91. The summed E-state index contributed by atoms with van der Waals surface area (Å²) in [6.45, 7) is 4.15. The molecule has 0 heterocycles. The largest absolute Gasteiger partial charge is 0.392 e. The van der Waals surface area contributed by atoms with Crippen LogP contribution in [0.2, 0.25) is 0 Å². The summed E-state index contributed by atoms with van der Waals surface area (Å²) >= 11 is 0. The summed E-state index contributed by atoms with van der Waals surface area (Å²) in [5, 5.41) is 12.2. The van der Waals surface area contributed by atoms with E-state index in [2.05, 4.69) is 5.32 Å². The van der Waals surface area contributed by atoms with Crippen LogP contribution in [0.4, 0.5) is 0 Å². The fourth-order valence-corrected chi connectivity index (χ4v) is 2.80. The van der Waals surface area contributed by atoms with Gasteiger partial charge in [-0.1, -0.05) is 31.2 Å². The molecule has 4 nitrogen and oxygen atoms in total. The van der Waals surface area contributed by atoms with Gasteiger partial charge in [0.25, 0.3) is 0 Å². The Balaban J connectivity index is 2.49. The van der Waals surface area contributed by atoms with E-state index in [0.29, 0.717) is 6.54 Å². The molecule has 0 aromatic heterocycles. The van der Waals surface area contributed by atoms with Gasteiger partial charge in [-0.3, -0.25) is 0 Å². The van der Waals surface area contributed by atoms with Crippen LogP contribution >= 0.6 is 0 Å². The van der Waals surface area contributed by atoms with Crippen molar-refractivity contribution in [1.82, 2.24) is 5.32 Å². The summed E-state index contributed by atoms with van der Waals surface area (Å²) < 4.78 is 22.9. The van der Waals surface area contributed by atoms with E-state index in [9.17, 15) is 8.42 Å². The molecule has 0 bridgehead atoms. The summed E-state index contributed by atoms with van der Waals surface area (Å²) in [6, 6.07) is 7.53. The molecule has 1 unspecified atom stereocenters. The Labute approximate surface area is 109 Å². The lowest BCUT2D eigenvalue weighted by Crippen LogP contribution is -2.33. The zero-order chi connectivity index (χ0) is 13.6. The molecule has 0 saturated carbocycles. The van der Waals surface area contributed by atoms with Gasteiger partial charge in [-0.15, -0.1) is 0 Å². The number of aliphatic hydroxyl groups is 1. The lowest BCUT2D eigenvalue weighted by Gasteiger charge is -2.13. The molecule has 18 heavy (non-hydrogen) atoms. The molecule has 0 aliphatic rings. The van der Waals surface area contributed by atoms with Crippen molar-refractivity contribution in [3.63, 3.8) is 0 Å². The second-order valence-electron chi connectivity index (χ2n) is 4.46. The first kappa shape index (κ1) is 15.1. The van der Waals surface area contributed by atoms with E-state index < -0.39 is 9.84 Å². The van der Waals surface area contributed by atoms with Crippen LogP contribution in [0.25, 0.3) is 0 Å². The predicted molar refractivity (Wildman–Crippen MR) is 73.0 cm³/mol. The highest BCUT2D eigenvalue weighted by Crippen LogP contribution is 2.05. The number of sulfone groups is 1. The average Bonchev–Trinajstić information content (AvgIpc) is 2.36. The third kappa shape index (κ3) is 5.16. The van der Waals surface area contributed by atoms with Crippen molar-refractivity contribution in [2.24, 2.45) is 0 Å². The van der Waals surface area contributed by atoms with E-state index in [1.54, 1.807) is 6.92 Å². The van der Waals surface area contributed by atoms with Crippen LogP contribution in [0.1, 0.15) is 25.0 Å². The third-order valence-electron chi connectivity index (χ3n) is 2.77. The van der Waals surface area contributed by atoms with E-state index in [-0.39, 0.29) is 24.2 Å². The molecule has 0 spiro atoms. The fraction of sp³-hybridized carbons (Fsp3) is 0.538. The topological polar surface area (TPSA) is 66.4 Å². The predicted octanol–water partition coefficient (Wildman–Crippen LogP) is 1.09. The van der Waals surface area contributed by atoms with Crippen LogP contribution in [0.15, 0.2) is 24.3 Å². The number of nitrogens with one attached hydrogen (secondary N) is 1. The second-order valence-corrected chi connectivity index (χ2v) is 6.86. The molecular formula is C13H21NO3S. The van der Waals surface area contributed by atoms with E-state index in [1.165, 1.54) is 0 Å². The van der Waals surface area contributed by atoms with E-state index >= 15 is 0 Å². The van der Waals surface area contributed by atoms with Crippen LogP contribution in [0.5, 0.6) is 0 Å². The van der Waals surface area contributed by atoms with Gasteiger partial charge in [0, 0.05) is 18.3 Å². The number of rotatable bonds is 7.